The molecule has 1 aromatic rings. The Morgan fingerprint density at radius 3 is 3.06 bits per heavy atom. The molecule has 4 nitrogen and oxygen atoms in total. The third kappa shape index (κ3) is 5.14. The van der Waals surface area contributed by atoms with Crippen LogP contribution in [0, 0.1) is 5.82 Å². The van der Waals surface area contributed by atoms with Crippen LogP contribution in [0.1, 0.15) is 16.8 Å². The number of hydrogen-bond acceptors (Lipinski definition) is 4. The molecule has 17 heavy (non-hydrogen) atoms. The van der Waals surface area contributed by atoms with Gasteiger partial charge in [-0.1, -0.05) is 0 Å². The van der Waals surface area contributed by atoms with Gasteiger partial charge in [0.05, 0.1) is 11.8 Å². The van der Waals surface area contributed by atoms with Crippen LogP contribution in [0.3, 0.4) is 0 Å². The summed E-state index contributed by atoms with van der Waals surface area (Å²) < 4.78 is 13.2. The van der Waals surface area contributed by atoms with Gasteiger partial charge < -0.3 is 10.4 Å². The fourth-order valence-corrected chi connectivity index (χ4v) is 1.94. The van der Waals surface area contributed by atoms with Gasteiger partial charge in [0.1, 0.15) is 0 Å². The predicted octanol–water partition coefficient (Wildman–Crippen LogP) is 1.07. The zero-order valence-electron chi connectivity index (χ0n) is 9.36. The average molecular weight is 258 g/mol. The van der Waals surface area contributed by atoms with Crippen LogP contribution < -0.4 is 5.32 Å². The van der Waals surface area contributed by atoms with Crippen LogP contribution in [0.15, 0.2) is 18.5 Å². The molecule has 0 fully saturated rings. The minimum Gasteiger partial charge on any atom is -0.396 e. The maximum absolute atomic E-state index is 13.2. The molecule has 0 aliphatic carbocycles. The van der Waals surface area contributed by atoms with E-state index in [-0.39, 0.29) is 12.2 Å². The molecule has 0 atom stereocenters. The summed E-state index contributed by atoms with van der Waals surface area (Å²) in [4.78, 5) is 15.1. The first-order chi connectivity index (χ1) is 8.25. The smallest absolute Gasteiger partial charge is 0.254 e. The number of thioether (sulfide) groups is 1. The summed E-state index contributed by atoms with van der Waals surface area (Å²) in [5, 5.41) is 11.2. The van der Waals surface area contributed by atoms with Crippen molar-refractivity contribution in [3.8, 4) is 0 Å². The van der Waals surface area contributed by atoms with Crippen molar-refractivity contribution >= 4 is 17.7 Å². The molecule has 0 aromatic carbocycles. The highest BCUT2D eigenvalue weighted by atomic mass is 32.2. The van der Waals surface area contributed by atoms with Gasteiger partial charge in [-0.25, -0.2) is 4.39 Å². The van der Waals surface area contributed by atoms with E-state index in [4.69, 9.17) is 5.11 Å². The zero-order chi connectivity index (χ0) is 12.5. The van der Waals surface area contributed by atoms with E-state index in [1.54, 1.807) is 11.8 Å². The fraction of sp³-hybridized carbons (Fsp3) is 0.455. The SMILES string of the molecule is O=C(NCCSCCCO)c1ccncc1F. The van der Waals surface area contributed by atoms with Crippen molar-refractivity contribution in [2.45, 2.75) is 6.42 Å². The van der Waals surface area contributed by atoms with E-state index in [1.165, 1.54) is 12.3 Å². The highest BCUT2D eigenvalue weighted by molar-refractivity contribution is 7.99. The lowest BCUT2D eigenvalue weighted by molar-refractivity contribution is 0.0952. The Morgan fingerprint density at radius 1 is 1.53 bits per heavy atom. The molecule has 1 aromatic heterocycles. The number of pyridine rings is 1. The van der Waals surface area contributed by atoms with Crippen molar-refractivity contribution in [2.24, 2.45) is 0 Å². The molecule has 0 aliphatic rings. The molecular formula is C11H15FN2O2S. The van der Waals surface area contributed by atoms with E-state index in [2.05, 4.69) is 10.3 Å². The van der Waals surface area contributed by atoms with E-state index in [0.717, 1.165) is 24.1 Å². The zero-order valence-corrected chi connectivity index (χ0v) is 10.2. The van der Waals surface area contributed by atoms with Crippen LogP contribution in [0.25, 0.3) is 0 Å². The number of amides is 1. The summed E-state index contributed by atoms with van der Waals surface area (Å²) >= 11 is 1.64. The molecule has 0 aliphatic heterocycles. The second-order valence-corrected chi connectivity index (χ2v) is 4.53. The highest BCUT2D eigenvalue weighted by Gasteiger charge is 2.09. The summed E-state index contributed by atoms with van der Waals surface area (Å²) in [5.74, 6) is 0.569. The van der Waals surface area contributed by atoms with Crippen molar-refractivity contribution in [1.29, 1.82) is 0 Å². The number of aliphatic hydroxyl groups excluding tert-OH is 1. The molecule has 0 saturated heterocycles. The quantitative estimate of drug-likeness (QED) is 0.718. The predicted molar refractivity (Wildman–Crippen MR) is 65.6 cm³/mol. The summed E-state index contributed by atoms with van der Waals surface area (Å²) in [6.07, 6.45) is 3.15. The Kier molecular flexibility index (Phi) is 6.57. The Labute approximate surface area is 104 Å². The number of nitrogens with zero attached hydrogens (tertiary/aromatic N) is 1. The molecule has 1 rings (SSSR count). The van der Waals surface area contributed by atoms with Gasteiger partial charge in [-0.2, -0.15) is 11.8 Å². The highest BCUT2D eigenvalue weighted by Crippen LogP contribution is 2.04. The topological polar surface area (TPSA) is 62.2 Å². The maximum atomic E-state index is 13.2. The summed E-state index contributed by atoms with van der Waals surface area (Å²) in [6, 6.07) is 1.35. The standard InChI is InChI=1S/C11H15FN2O2S/c12-10-8-13-3-2-9(10)11(16)14-4-7-17-6-1-5-15/h2-3,8,15H,1,4-7H2,(H,14,16). The average Bonchev–Trinajstić information content (AvgIpc) is 2.34. The lowest BCUT2D eigenvalue weighted by Gasteiger charge is -2.05. The van der Waals surface area contributed by atoms with Gasteiger partial charge >= 0.3 is 0 Å². The van der Waals surface area contributed by atoms with E-state index in [1.807, 2.05) is 0 Å². The lowest BCUT2D eigenvalue weighted by atomic mass is 10.2. The van der Waals surface area contributed by atoms with E-state index in [0.29, 0.717) is 6.54 Å². The van der Waals surface area contributed by atoms with Crippen molar-refractivity contribution in [3.05, 3.63) is 29.8 Å². The molecule has 1 amide bonds. The monoisotopic (exact) mass is 258 g/mol. The second kappa shape index (κ2) is 8.03. The number of halogens is 1. The third-order valence-corrected chi connectivity index (χ3v) is 3.07. The maximum Gasteiger partial charge on any atom is 0.254 e. The second-order valence-electron chi connectivity index (χ2n) is 3.30. The number of aromatic nitrogens is 1. The van der Waals surface area contributed by atoms with Crippen molar-refractivity contribution < 1.29 is 14.3 Å². The molecule has 0 unspecified atom stereocenters. The number of hydrogen-bond donors (Lipinski definition) is 2. The first-order valence-electron chi connectivity index (χ1n) is 5.32. The summed E-state index contributed by atoms with van der Waals surface area (Å²) in [5.41, 5.74) is 0.0142. The van der Waals surface area contributed by atoms with Crippen molar-refractivity contribution in [1.82, 2.24) is 10.3 Å². The van der Waals surface area contributed by atoms with E-state index >= 15 is 0 Å². The van der Waals surface area contributed by atoms with Crippen molar-refractivity contribution in [3.63, 3.8) is 0 Å². The van der Waals surface area contributed by atoms with Crippen LogP contribution in [-0.2, 0) is 0 Å². The van der Waals surface area contributed by atoms with Gasteiger partial charge in [0, 0.05) is 25.1 Å². The number of rotatable bonds is 7. The number of aliphatic hydroxyl groups is 1. The largest absolute Gasteiger partial charge is 0.396 e. The summed E-state index contributed by atoms with van der Waals surface area (Å²) in [7, 11) is 0. The van der Waals surface area contributed by atoms with Gasteiger partial charge in [0.25, 0.3) is 5.91 Å². The number of carbonyl (C=O) groups excluding carboxylic acids is 1. The Morgan fingerprint density at radius 2 is 2.35 bits per heavy atom. The molecule has 94 valence electrons. The molecule has 2 N–H and O–H groups in total. The molecule has 1 heterocycles. The van der Waals surface area contributed by atoms with Crippen LogP contribution in [0.2, 0.25) is 0 Å². The molecule has 0 spiro atoms. The van der Waals surface area contributed by atoms with Crippen LogP contribution >= 0.6 is 11.8 Å². The number of nitrogens with one attached hydrogen (secondary N) is 1. The Bertz CT molecular complexity index is 363. The van der Waals surface area contributed by atoms with Gasteiger partial charge in [0.2, 0.25) is 0 Å². The Balaban J connectivity index is 2.24. The van der Waals surface area contributed by atoms with E-state index < -0.39 is 11.7 Å². The molecule has 0 bridgehead atoms. The van der Waals surface area contributed by atoms with Gasteiger partial charge in [-0.15, -0.1) is 0 Å². The minimum atomic E-state index is -0.613. The minimum absolute atomic E-state index is 0.0142. The van der Waals surface area contributed by atoms with E-state index in [9.17, 15) is 9.18 Å². The molecular weight excluding hydrogens is 243 g/mol. The third-order valence-electron chi connectivity index (χ3n) is 2.00. The van der Waals surface area contributed by atoms with Gasteiger partial charge in [0.15, 0.2) is 5.82 Å². The first-order valence-corrected chi connectivity index (χ1v) is 6.47. The van der Waals surface area contributed by atoms with Crippen LogP contribution in [-0.4, -0.2) is 40.7 Å². The number of carbonyl (C=O) groups is 1. The van der Waals surface area contributed by atoms with Crippen molar-refractivity contribution in [2.75, 3.05) is 24.7 Å². The van der Waals surface area contributed by atoms with Crippen LogP contribution in [0.4, 0.5) is 4.39 Å². The first kappa shape index (κ1) is 13.9. The molecule has 0 saturated carbocycles. The van der Waals surface area contributed by atoms with Gasteiger partial charge in [-0.3, -0.25) is 9.78 Å². The normalized spacial score (nSPS) is 10.2. The van der Waals surface area contributed by atoms with Crippen LogP contribution in [0.5, 0.6) is 0 Å². The fourth-order valence-electron chi connectivity index (χ4n) is 1.16. The van der Waals surface area contributed by atoms with Gasteiger partial charge in [-0.05, 0) is 18.2 Å². The lowest BCUT2D eigenvalue weighted by Crippen LogP contribution is -2.26. The molecule has 0 radical (unpaired) electrons. The molecule has 6 heteroatoms. The summed E-state index contributed by atoms with van der Waals surface area (Å²) in [6.45, 7) is 0.665. The Hall–Kier alpha value is -1.14.